The molecular formula is C10H15F3N2O5. The summed E-state index contributed by atoms with van der Waals surface area (Å²) >= 11 is 0. The lowest BCUT2D eigenvalue weighted by Crippen LogP contribution is -2.48. The average molecular weight is 300 g/mol. The van der Waals surface area contributed by atoms with Crippen LogP contribution < -0.4 is 0 Å². The summed E-state index contributed by atoms with van der Waals surface area (Å²) in [5.41, 5.74) is 0. The number of ether oxygens (including phenoxy) is 1. The number of rotatable bonds is 6. The molecular weight excluding hydrogens is 285 g/mol. The van der Waals surface area contributed by atoms with Gasteiger partial charge in [-0.15, -0.1) is 0 Å². The fourth-order valence-corrected chi connectivity index (χ4v) is 1.27. The van der Waals surface area contributed by atoms with Gasteiger partial charge in [0.15, 0.2) is 0 Å². The van der Waals surface area contributed by atoms with Gasteiger partial charge in [-0.25, -0.2) is 4.79 Å². The molecule has 0 aromatic heterocycles. The average Bonchev–Trinajstić information content (AvgIpc) is 2.31. The van der Waals surface area contributed by atoms with Crippen molar-refractivity contribution in [3.05, 3.63) is 0 Å². The van der Waals surface area contributed by atoms with E-state index in [2.05, 4.69) is 4.74 Å². The quantitative estimate of drug-likeness (QED) is 0.724. The van der Waals surface area contributed by atoms with Crippen molar-refractivity contribution in [3.63, 3.8) is 0 Å². The van der Waals surface area contributed by atoms with Crippen LogP contribution in [0, 0.1) is 0 Å². The van der Waals surface area contributed by atoms with E-state index in [1.165, 1.54) is 0 Å². The van der Waals surface area contributed by atoms with Gasteiger partial charge in [-0.2, -0.15) is 13.2 Å². The van der Waals surface area contributed by atoms with Gasteiger partial charge in [-0.1, -0.05) is 0 Å². The number of nitrogens with zero attached hydrogens (tertiary/aromatic N) is 2. The number of urea groups is 1. The zero-order chi connectivity index (χ0) is 15.9. The first-order valence-electron chi connectivity index (χ1n) is 5.42. The number of methoxy groups -OCH3 is 1. The molecule has 0 saturated carbocycles. The molecule has 0 bridgehead atoms. The number of alkyl halides is 3. The van der Waals surface area contributed by atoms with E-state index < -0.39 is 37.2 Å². The minimum Gasteiger partial charge on any atom is -0.480 e. The van der Waals surface area contributed by atoms with E-state index >= 15 is 0 Å². The van der Waals surface area contributed by atoms with Crippen molar-refractivity contribution in [1.29, 1.82) is 0 Å². The van der Waals surface area contributed by atoms with Crippen molar-refractivity contribution in [2.45, 2.75) is 12.6 Å². The summed E-state index contributed by atoms with van der Waals surface area (Å²) in [5, 5.41) is 8.51. The molecule has 0 fully saturated rings. The second-order valence-electron chi connectivity index (χ2n) is 3.90. The summed E-state index contributed by atoms with van der Waals surface area (Å²) in [6, 6.07) is -1.13. The molecule has 7 nitrogen and oxygen atoms in total. The first-order chi connectivity index (χ1) is 9.06. The van der Waals surface area contributed by atoms with E-state index in [0.29, 0.717) is 0 Å². The van der Waals surface area contributed by atoms with Crippen LogP contribution in [0.4, 0.5) is 18.0 Å². The lowest BCUT2D eigenvalue weighted by Gasteiger charge is -2.27. The molecule has 0 rings (SSSR count). The first-order valence-corrected chi connectivity index (χ1v) is 5.42. The Morgan fingerprint density at radius 2 is 1.80 bits per heavy atom. The predicted molar refractivity (Wildman–Crippen MR) is 59.9 cm³/mol. The number of hydrogen-bond acceptors (Lipinski definition) is 4. The Labute approximate surface area is 112 Å². The van der Waals surface area contributed by atoms with Crippen LogP contribution in [-0.4, -0.2) is 72.8 Å². The Balaban J connectivity index is 4.67. The second kappa shape index (κ2) is 7.56. The monoisotopic (exact) mass is 300 g/mol. The third-order valence-corrected chi connectivity index (χ3v) is 2.17. The Kier molecular flexibility index (Phi) is 6.80. The standard InChI is InChI=1S/C10H15F3N2O5/c1-14(4-3-8(18)20-2)9(19)15(5-7(16)17)6-10(11,12)13/h3-6H2,1-2H3,(H,16,17). The van der Waals surface area contributed by atoms with Crippen LogP contribution >= 0.6 is 0 Å². The molecule has 0 aromatic rings. The maximum absolute atomic E-state index is 12.3. The zero-order valence-electron chi connectivity index (χ0n) is 10.9. The van der Waals surface area contributed by atoms with Crippen molar-refractivity contribution in [1.82, 2.24) is 9.80 Å². The van der Waals surface area contributed by atoms with Gasteiger partial charge in [-0.3, -0.25) is 9.59 Å². The summed E-state index contributed by atoms with van der Waals surface area (Å²) in [6.45, 7) is -2.94. The Morgan fingerprint density at radius 3 is 2.20 bits per heavy atom. The van der Waals surface area contributed by atoms with Gasteiger partial charge in [0.05, 0.1) is 13.5 Å². The molecule has 0 aliphatic heterocycles. The molecule has 0 radical (unpaired) electrons. The second-order valence-corrected chi connectivity index (χ2v) is 3.90. The van der Waals surface area contributed by atoms with Gasteiger partial charge in [0.2, 0.25) is 0 Å². The van der Waals surface area contributed by atoms with Crippen molar-refractivity contribution < 1.29 is 37.4 Å². The smallest absolute Gasteiger partial charge is 0.406 e. The predicted octanol–water partition coefficient (Wildman–Crippen LogP) is 0.550. The van der Waals surface area contributed by atoms with Gasteiger partial charge >= 0.3 is 24.1 Å². The van der Waals surface area contributed by atoms with Crippen LogP contribution in [-0.2, 0) is 14.3 Å². The number of aliphatic carboxylic acids is 1. The highest BCUT2D eigenvalue weighted by Gasteiger charge is 2.35. The molecule has 116 valence electrons. The van der Waals surface area contributed by atoms with Crippen molar-refractivity contribution in [3.8, 4) is 0 Å². The fourth-order valence-electron chi connectivity index (χ4n) is 1.27. The van der Waals surface area contributed by atoms with Crippen molar-refractivity contribution in [2.24, 2.45) is 0 Å². The SMILES string of the molecule is COC(=O)CCN(C)C(=O)N(CC(=O)O)CC(F)(F)F. The number of carboxylic acids is 1. The van der Waals surface area contributed by atoms with E-state index in [1.54, 1.807) is 0 Å². The number of esters is 1. The number of carbonyl (C=O) groups excluding carboxylic acids is 2. The molecule has 0 saturated heterocycles. The Hall–Kier alpha value is -2.00. The minimum absolute atomic E-state index is 0.139. The van der Waals surface area contributed by atoms with E-state index in [4.69, 9.17) is 5.11 Å². The third kappa shape index (κ3) is 7.44. The topological polar surface area (TPSA) is 87.2 Å². The van der Waals surface area contributed by atoms with Crippen molar-refractivity contribution >= 4 is 18.0 Å². The highest BCUT2D eigenvalue weighted by molar-refractivity contribution is 5.80. The fraction of sp³-hybridized carbons (Fsp3) is 0.700. The van der Waals surface area contributed by atoms with Crippen LogP contribution in [0.2, 0.25) is 0 Å². The van der Waals surface area contributed by atoms with E-state index in [9.17, 15) is 27.6 Å². The van der Waals surface area contributed by atoms with Crippen molar-refractivity contribution in [2.75, 3.05) is 33.8 Å². The van der Waals surface area contributed by atoms with E-state index in [-0.39, 0.29) is 17.9 Å². The third-order valence-electron chi connectivity index (χ3n) is 2.17. The summed E-state index contributed by atoms with van der Waals surface area (Å²) in [7, 11) is 2.29. The van der Waals surface area contributed by atoms with Crippen LogP contribution in [0.5, 0.6) is 0 Å². The lowest BCUT2D eigenvalue weighted by atomic mass is 10.4. The molecule has 2 amide bonds. The largest absolute Gasteiger partial charge is 0.480 e. The molecule has 0 unspecified atom stereocenters. The number of carbonyl (C=O) groups is 3. The molecule has 0 aliphatic carbocycles. The number of hydrogen-bond donors (Lipinski definition) is 1. The normalized spacial score (nSPS) is 10.8. The number of carboxylic acid groups (broad SMARTS) is 1. The van der Waals surface area contributed by atoms with Gasteiger partial charge in [-0.05, 0) is 0 Å². The number of amides is 2. The maximum Gasteiger partial charge on any atom is 0.406 e. The first kappa shape index (κ1) is 18.0. The van der Waals surface area contributed by atoms with Crippen LogP contribution in [0.25, 0.3) is 0 Å². The molecule has 1 N–H and O–H groups in total. The van der Waals surface area contributed by atoms with Gasteiger partial charge < -0.3 is 19.6 Å². The minimum atomic E-state index is -4.71. The summed E-state index contributed by atoms with van der Waals surface area (Å²) in [4.78, 5) is 34.0. The summed E-state index contributed by atoms with van der Waals surface area (Å²) < 4.78 is 41.1. The molecule has 0 aromatic carbocycles. The molecule has 0 atom stereocenters. The molecule has 0 aliphatic rings. The van der Waals surface area contributed by atoms with Crippen LogP contribution in [0.3, 0.4) is 0 Å². The molecule has 0 heterocycles. The molecule has 0 spiro atoms. The van der Waals surface area contributed by atoms with E-state index in [1.807, 2.05) is 0 Å². The maximum atomic E-state index is 12.3. The zero-order valence-corrected chi connectivity index (χ0v) is 10.9. The Morgan fingerprint density at radius 1 is 1.25 bits per heavy atom. The van der Waals surface area contributed by atoms with E-state index in [0.717, 1.165) is 19.1 Å². The summed E-state index contributed by atoms with van der Waals surface area (Å²) in [5.74, 6) is -2.20. The molecule has 20 heavy (non-hydrogen) atoms. The van der Waals surface area contributed by atoms with Gasteiger partial charge in [0.1, 0.15) is 13.1 Å². The van der Waals surface area contributed by atoms with Gasteiger partial charge in [0.25, 0.3) is 0 Å². The Bertz CT molecular complexity index is 372. The number of halogens is 3. The van der Waals surface area contributed by atoms with Crippen LogP contribution in [0.1, 0.15) is 6.42 Å². The summed E-state index contributed by atoms with van der Waals surface area (Å²) in [6.07, 6.45) is -4.92. The highest BCUT2D eigenvalue weighted by atomic mass is 19.4. The van der Waals surface area contributed by atoms with Crippen LogP contribution in [0.15, 0.2) is 0 Å². The lowest BCUT2D eigenvalue weighted by molar-refractivity contribution is -0.150. The highest BCUT2D eigenvalue weighted by Crippen LogP contribution is 2.17. The van der Waals surface area contributed by atoms with Gasteiger partial charge in [0, 0.05) is 13.6 Å². The molecule has 10 heteroatoms.